The number of nitrogens with zero attached hydrogens (tertiary/aromatic N) is 1. The van der Waals surface area contributed by atoms with Crippen LogP contribution in [0.3, 0.4) is 0 Å². The van der Waals surface area contributed by atoms with Crippen LogP contribution in [0.25, 0.3) is 0 Å². The summed E-state index contributed by atoms with van der Waals surface area (Å²) in [6, 6.07) is 10.8. The molecule has 0 unspecified atom stereocenters. The molecule has 0 saturated heterocycles. The van der Waals surface area contributed by atoms with Gasteiger partial charge in [0.05, 0.1) is 26.1 Å². The molecule has 0 spiro atoms. The molecule has 0 fully saturated rings. The molecule has 0 radical (unpaired) electrons. The Balaban J connectivity index is 1.91. The zero-order chi connectivity index (χ0) is 18.9. The molecule has 0 bridgehead atoms. The summed E-state index contributed by atoms with van der Waals surface area (Å²) in [6.07, 6.45) is 0.870. The Hall–Kier alpha value is -3.42. The van der Waals surface area contributed by atoms with Gasteiger partial charge in [-0.1, -0.05) is 12.1 Å². The van der Waals surface area contributed by atoms with E-state index >= 15 is 0 Å². The van der Waals surface area contributed by atoms with Crippen molar-refractivity contribution in [1.29, 1.82) is 0 Å². The third-order valence-electron chi connectivity index (χ3n) is 3.30. The van der Waals surface area contributed by atoms with Gasteiger partial charge in [-0.15, -0.1) is 0 Å². The first-order chi connectivity index (χ1) is 12.5. The van der Waals surface area contributed by atoms with E-state index in [1.807, 2.05) is 0 Å². The lowest BCUT2D eigenvalue weighted by Gasteiger charge is -2.07. The van der Waals surface area contributed by atoms with Crippen LogP contribution in [0.5, 0.6) is 11.5 Å². The van der Waals surface area contributed by atoms with Gasteiger partial charge in [0.15, 0.2) is 0 Å². The Bertz CT molecular complexity index is 824. The Kier molecular flexibility index (Phi) is 6.67. The van der Waals surface area contributed by atoms with Crippen LogP contribution < -0.4 is 20.2 Å². The van der Waals surface area contributed by atoms with Crippen molar-refractivity contribution in [3.05, 3.63) is 53.8 Å². The molecular formula is C18H18FN3O4. The number of amides is 2. The molecule has 0 aromatic heterocycles. The van der Waals surface area contributed by atoms with Gasteiger partial charge in [0.25, 0.3) is 0 Å². The van der Waals surface area contributed by atoms with Crippen LogP contribution in [-0.4, -0.2) is 32.2 Å². The fourth-order valence-corrected chi connectivity index (χ4v) is 2.06. The van der Waals surface area contributed by atoms with Crippen molar-refractivity contribution in [2.75, 3.05) is 19.5 Å². The van der Waals surface area contributed by atoms with E-state index in [1.165, 1.54) is 38.6 Å². The lowest BCUT2D eigenvalue weighted by molar-refractivity contribution is -0.126. The molecule has 2 rings (SSSR count). The first-order valence-corrected chi connectivity index (χ1v) is 7.61. The Morgan fingerprint density at radius 1 is 1.12 bits per heavy atom. The number of ether oxygens (including phenoxy) is 2. The van der Waals surface area contributed by atoms with Crippen LogP contribution in [0.4, 0.5) is 10.1 Å². The number of rotatable bonds is 7. The van der Waals surface area contributed by atoms with Crippen LogP contribution in [0, 0.1) is 5.82 Å². The number of halogens is 1. The topological polar surface area (TPSA) is 89.0 Å². The van der Waals surface area contributed by atoms with Crippen LogP contribution in [0.1, 0.15) is 12.0 Å². The van der Waals surface area contributed by atoms with Crippen molar-refractivity contribution in [3.8, 4) is 11.5 Å². The van der Waals surface area contributed by atoms with Gasteiger partial charge in [0.2, 0.25) is 11.8 Å². The van der Waals surface area contributed by atoms with E-state index in [4.69, 9.17) is 9.47 Å². The largest absolute Gasteiger partial charge is 0.497 e. The minimum Gasteiger partial charge on any atom is -0.497 e. The lowest BCUT2D eigenvalue weighted by Crippen LogP contribution is -2.25. The third kappa shape index (κ3) is 5.30. The number of carbonyl (C=O) groups is 2. The molecule has 2 amide bonds. The Morgan fingerprint density at radius 2 is 1.88 bits per heavy atom. The first kappa shape index (κ1) is 18.9. The summed E-state index contributed by atoms with van der Waals surface area (Å²) in [5, 5.41) is 6.11. The highest BCUT2D eigenvalue weighted by molar-refractivity contribution is 6.03. The van der Waals surface area contributed by atoms with Crippen molar-refractivity contribution >= 4 is 23.7 Å². The number of benzene rings is 2. The number of hydrogen-bond donors (Lipinski definition) is 2. The van der Waals surface area contributed by atoms with Gasteiger partial charge in [-0.25, -0.2) is 9.82 Å². The highest BCUT2D eigenvalue weighted by Crippen LogP contribution is 2.22. The standard InChI is InChI=1S/C18H18FN3O4/c1-25-13-7-8-16(26-2)12(9-13)11-20-22-18(24)10-17(23)21-15-6-4-3-5-14(15)19/h3-9,11H,10H2,1-2H3,(H,21,23)(H,22,24). The highest BCUT2D eigenvalue weighted by atomic mass is 19.1. The average molecular weight is 359 g/mol. The van der Waals surface area contributed by atoms with Crippen molar-refractivity contribution in [1.82, 2.24) is 5.43 Å². The SMILES string of the molecule is COc1ccc(OC)c(C=NNC(=O)CC(=O)Nc2ccccc2F)c1. The molecule has 136 valence electrons. The molecule has 0 saturated carbocycles. The summed E-state index contributed by atoms with van der Waals surface area (Å²) >= 11 is 0. The molecule has 7 nitrogen and oxygen atoms in total. The maximum Gasteiger partial charge on any atom is 0.249 e. The number of nitrogens with one attached hydrogen (secondary N) is 2. The van der Waals surface area contributed by atoms with Gasteiger partial charge in [0.1, 0.15) is 23.7 Å². The lowest BCUT2D eigenvalue weighted by atomic mass is 10.2. The summed E-state index contributed by atoms with van der Waals surface area (Å²) in [4.78, 5) is 23.5. The van der Waals surface area contributed by atoms with Crippen LogP contribution in [0.15, 0.2) is 47.6 Å². The molecule has 2 aromatic rings. The number of methoxy groups -OCH3 is 2. The molecule has 26 heavy (non-hydrogen) atoms. The van der Waals surface area contributed by atoms with Crippen molar-refractivity contribution in [2.24, 2.45) is 5.10 Å². The average Bonchev–Trinajstić information content (AvgIpc) is 2.63. The van der Waals surface area contributed by atoms with E-state index in [0.717, 1.165) is 0 Å². The molecule has 0 aliphatic heterocycles. The summed E-state index contributed by atoms with van der Waals surface area (Å²) in [7, 11) is 3.03. The minimum absolute atomic E-state index is 0.00918. The molecule has 0 atom stereocenters. The second kappa shape index (κ2) is 9.16. The monoisotopic (exact) mass is 359 g/mol. The highest BCUT2D eigenvalue weighted by Gasteiger charge is 2.11. The normalized spacial score (nSPS) is 10.4. The first-order valence-electron chi connectivity index (χ1n) is 7.61. The molecular weight excluding hydrogens is 341 g/mol. The van der Waals surface area contributed by atoms with Gasteiger partial charge in [-0.3, -0.25) is 9.59 Å². The number of para-hydroxylation sites is 1. The fourth-order valence-electron chi connectivity index (χ4n) is 2.06. The molecule has 2 aromatic carbocycles. The molecule has 0 aliphatic carbocycles. The zero-order valence-corrected chi connectivity index (χ0v) is 14.3. The van der Waals surface area contributed by atoms with E-state index in [9.17, 15) is 14.0 Å². The number of anilines is 1. The number of hydrogen-bond acceptors (Lipinski definition) is 5. The van der Waals surface area contributed by atoms with Crippen molar-refractivity contribution in [2.45, 2.75) is 6.42 Å². The van der Waals surface area contributed by atoms with Gasteiger partial charge in [-0.2, -0.15) is 5.10 Å². The second-order valence-corrected chi connectivity index (χ2v) is 5.11. The number of carbonyl (C=O) groups excluding carboxylic acids is 2. The summed E-state index contributed by atoms with van der Waals surface area (Å²) in [6.45, 7) is 0. The maximum absolute atomic E-state index is 13.5. The Morgan fingerprint density at radius 3 is 2.58 bits per heavy atom. The minimum atomic E-state index is -0.651. The molecule has 0 heterocycles. The molecule has 2 N–H and O–H groups in total. The van der Waals surface area contributed by atoms with Crippen molar-refractivity contribution < 1.29 is 23.5 Å². The summed E-state index contributed by atoms with van der Waals surface area (Å²) in [5.41, 5.74) is 2.83. The maximum atomic E-state index is 13.5. The van der Waals surface area contributed by atoms with E-state index in [0.29, 0.717) is 17.1 Å². The quantitative estimate of drug-likeness (QED) is 0.451. The molecule has 0 aliphatic rings. The predicted molar refractivity (Wildman–Crippen MR) is 94.9 cm³/mol. The van der Waals surface area contributed by atoms with Gasteiger partial charge in [0, 0.05) is 5.56 Å². The van der Waals surface area contributed by atoms with Crippen molar-refractivity contribution in [3.63, 3.8) is 0 Å². The van der Waals surface area contributed by atoms with Gasteiger partial charge < -0.3 is 14.8 Å². The summed E-state index contributed by atoms with van der Waals surface area (Å²) in [5.74, 6) is -0.730. The summed E-state index contributed by atoms with van der Waals surface area (Å²) < 4.78 is 23.7. The Labute approximate surface area is 149 Å². The molecule has 8 heteroatoms. The van der Waals surface area contributed by atoms with Gasteiger partial charge in [-0.05, 0) is 30.3 Å². The van der Waals surface area contributed by atoms with Crippen LogP contribution >= 0.6 is 0 Å². The van der Waals surface area contributed by atoms with E-state index < -0.39 is 24.1 Å². The third-order valence-corrected chi connectivity index (χ3v) is 3.30. The zero-order valence-electron chi connectivity index (χ0n) is 14.3. The van der Waals surface area contributed by atoms with E-state index in [1.54, 1.807) is 24.3 Å². The van der Waals surface area contributed by atoms with E-state index in [2.05, 4.69) is 15.8 Å². The number of hydrazone groups is 1. The fraction of sp³-hybridized carbons (Fsp3) is 0.167. The smallest absolute Gasteiger partial charge is 0.249 e. The van der Waals surface area contributed by atoms with Crippen LogP contribution in [-0.2, 0) is 9.59 Å². The predicted octanol–water partition coefficient (Wildman–Crippen LogP) is 2.32. The second-order valence-electron chi connectivity index (χ2n) is 5.11. The van der Waals surface area contributed by atoms with Crippen LogP contribution in [0.2, 0.25) is 0 Å². The van der Waals surface area contributed by atoms with Gasteiger partial charge >= 0.3 is 0 Å². The van der Waals surface area contributed by atoms with E-state index in [-0.39, 0.29) is 5.69 Å².